The van der Waals surface area contributed by atoms with E-state index in [1.807, 2.05) is 12.1 Å². The van der Waals surface area contributed by atoms with Gasteiger partial charge in [0, 0.05) is 60.0 Å². The van der Waals surface area contributed by atoms with E-state index in [0.717, 1.165) is 39.0 Å². The molecule has 0 unspecified atom stereocenters. The summed E-state index contributed by atoms with van der Waals surface area (Å²) < 4.78 is 13.5. The highest BCUT2D eigenvalue weighted by atomic mass is 16.3. The number of benzene rings is 9. The van der Waals surface area contributed by atoms with Gasteiger partial charge in [-0.1, -0.05) is 115 Å². The summed E-state index contributed by atoms with van der Waals surface area (Å²) in [4.78, 5) is 0. The van der Waals surface area contributed by atoms with Gasteiger partial charge in [-0.2, -0.15) is 0 Å². The van der Waals surface area contributed by atoms with Gasteiger partial charge < -0.3 is 18.1 Å². The van der Waals surface area contributed by atoms with Gasteiger partial charge in [0.2, 0.25) is 0 Å². The summed E-state index contributed by atoms with van der Waals surface area (Å²) in [6.07, 6.45) is 0. The summed E-state index contributed by atoms with van der Waals surface area (Å²) in [5.74, 6) is 0. The molecule has 13 aromatic rings. The van der Waals surface area contributed by atoms with Crippen molar-refractivity contribution in [2.75, 3.05) is 0 Å². The lowest BCUT2D eigenvalue weighted by Crippen LogP contribution is -1.97. The summed E-state index contributed by atoms with van der Waals surface area (Å²) in [7, 11) is 0. The Hall–Kier alpha value is -7.82. The number of hydrogen-bond donors (Lipinski definition) is 0. The molecule has 0 saturated heterocycles. The van der Waals surface area contributed by atoms with Crippen LogP contribution in [0.15, 0.2) is 205 Å². The molecule has 0 saturated carbocycles. The largest absolute Gasteiger partial charge is 0.456 e. The van der Waals surface area contributed by atoms with Crippen LogP contribution in [0.3, 0.4) is 0 Å². The average molecular weight is 740 g/mol. The second-order valence-corrected chi connectivity index (χ2v) is 15.3. The first-order valence-electron chi connectivity index (χ1n) is 19.9. The van der Waals surface area contributed by atoms with Crippen LogP contribution in [0.5, 0.6) is 0 Å². The molecule has 13 rings (SSSR count). The quantitative estimate of drug-likeness (QED) is 0.177. The minimum absolute atomic E-state index is 0.899. The minimum atomic E-state index is 0.899. The molecular weight excluding hydrogens is 707 g/mol. The molecule has 9 aromatic carbocycles. The summed E-state index contributed by atoms with van der Waals surface area (Å²) in [5.41, 5.74) is 14.7. The number of fused-ring (bicyclic) bond motifs is 13. The van der Waals surface area contributed by atoms with Gasteiger partial charge in [0.15, 0.2) is 0 Å². The lowest BCUT2D eigenvalue weighted by Gasteiger charge is -2.15. The first kappa shape index (κ1) is 31.4. The van der Waals surface area contributed by atoms with Crippen molar-refractivity contribution < 1.29 is 4.42 Å². The fourth-order valence-electron chi connectivity index (χ4n) is 9.82. The van der Waals surface area contributed by atoms with E-state index in [1.54, 1.807) is 0 Å². The van der Waals surface area contributed by atoms with Gasteiger partial charge in [0.1, 0.15) is 11.2 Å². The SMILES string of the molecule is c1ccc(-n2c3ccccc3c3cc(-c4ccccc4-n4c5ccccc5c5c6c7ccccc7n(-c7ccc8oc9ccccc9c8c7)c6ccc54)ccc32)cc1. The molecule has 0 fully saturated rings. The Balaban J connectivity index is 1.07. The minimum Gasteiger partial charge on any atom is -0.456 e. The predicted octanol–water partition coefficient (Wildman–Crippen LogP) is 14.5. The zero-order chi connectivity index (χ0) is 37.9. The molecule has 0 atom stereocenters. The Morgan fingerprint density at radius 3 is 1.60 bits per heavy atom. The monoisotopic (exact) mass is 739 g/mol. The first-order valence-corrected chi connectivity index (χ1v) is 19.9. The van der Waals surface area contributed by atoms with Gasteiger partial charge in [-0.05, 0) is 90.5 Å². The molecule has 0 aliphatic rings. The third kappa shape index (κ3) is 4.29. The summed E-state index contributed by atoms with van der Waals surface area (Å²) >= 11 is 0. The zero-order valence-electron chi connectivity index (χ0n) is 31.3. The highest BCUT2D eigenvalue weighted by molar-refractivity contribution is 6.29. The fraction of sp³-hybridized carbons (Fsp3) is 0. The molecule has 0 aliphatic heterocycles. The van der Waals surface area contributed by atoms with Crippen LogP contribution in [-0.2, 0) is 0 Å². The molecule has 270 valence electrons. The second kappa shape index (κ2) is 11.8. The van der Waals surface area contributed by atoms with Crippen LogP contribution in [0.2, 0.25) is 0 Å². The Labute approximate surface area is 332 Å². The predicted molar refractivity (Wildman–Crippen MR) is 242 cm³/mol. The molecular formula is C54H33N3O. The molecule has 0 radical (unpaired) electrons. The molecule has 4 heterocycles. The number of furan rings is 1. The van der Waals surface area contributed by atoms with Gasteiger partial charge in [0.05, 0.1) is 38.8 Å². The molecule has 4 aromatic heterocycles. The van der Waals surface area contributed by atoms with E-state index < -0.39 is 0 Å². The normalized spacial score (nSPS) is 12.1. The molecule has 0 aliphatic carbocycles. The van der Waals surface area contributed by atoms with E-state index in [-0.39, 0.29) is 0 Å². The third-order valence-corrected chi connectivity index (χ3v) is 12.2. The van der Waals surface area contributed by atoms with Crippen molar-refractivity contribution in [1.82, 2.24) is 13.7 Å². The molecule has 0 amide bonds. The van der Waals surface area contributed by atoms with Crippen LogP contribution >= 0.6 is 0 Å². The van der Waals surface area contributed by atoms with E-state index in [1.165, 1.54) is 76.5 Å². The lowest BCUT2D eigenvalue weighted by atomic mass is 10.0. The molecule has 4 heteroatoms. The van der Waals surface area contributed by atoms with Crippen molar-refractivity contribution in [2.45, 2.75) is 0 Å². The topological polar surface area (TPSA) is 27.9 Å². The number of aromatic nitrogens is 3. The average Bonchev–Trinajstić information content (AvgIpc) is 4.02. The van der Waals surface area contributed by atoms with Gasteiger partial charge in [-0.15, -0.1) is 0 Å². The van der Waals surface area contributed by atoms with Crippen LogP contribution in [0.4, 0.5) is 0 Å². The first-order chi connectivity index (χ1) is 28.8. The van der Waals surface area contributed by atoms with E-state index >= 15 is 0 Å². The van der Waals surface area contributed by atoms with Crippen molar-refractivity contribution in [3.63, 3.8) is 0 Å². The number of para-hydroxylation sites is 6. The van der Waals surface area contributed by atoms with Crippen LogP contribution < -0.4 is 0 Å². The van der Waals surface area contributed by atoms with E-state index in [9.17, 15) is 0 Å². The van der Waals surface area contributed by atoms with Crippen molar-refractivity contribution in [1.29, 1.82) is 0 Å². The zero-order valence-corrected chi connectivity index (χ0v) is 31.3. The third-order valence-electron chi connectivity index (χ3n) is 12.2. The smallest absolute Gasteiger partial charge is 0.135 e. The van der Waals surface area contributed by atoms with E-state index in [0.29, 0.717) is 0 Å². The second-order valence-electron chi connectivity index (χ2n) is 15.3. The Bertz CT molecular complexity index is 3800. The molecule has 0 spiro atoms. The number of rotatable bonds is 4. The van der Waals surface area contributed by atoms with Gasteiger partial charge >= 0.3 is 0 Å². The Morgan fingerprint density at radius 1 is 0.293 bits per heavy atom. The van der Waals surface area contributed by atoms with E-state index in [4.69, 9.17) is 4.42 Å². The number of nitrogens with zero attached hydrogens (tertiary/aromatic N) is 3. The Morgan fingerprint density at radius 2 is 0.828 bits per heavy atom. The molecule has 0 bridgehead atoms. The number of hydrogen-bond acceptors (Lipinski definition) is 1. The maximum Gasteiger partial charge on any atom is 0.135 e. The summed E-state index contributed by atoms with van der Waals surface area (Å²) in [5, 5.41) is 9.72. The van der Waals surface area contributed by atoms with Crippen LogP contribution in [0, 0.1) is 0 Å². The summed E-state index contributed by atoms with van der Waals surface area (Å²) in [6.45, 7) is 0. The highest BCUT2D eigenvalue weighted by Crippen LogP contribution is 2.44. The van der Waals surface area contributed by atoms with Gasteiger partial charge in [-0.3, -0.25) is 0 Å². The van der Waals surface area contributed by atoms with E-state index in [2.05, 4.69) is 202 Å². The highest BCUT2D eigenvalue weighted by Gasteiger charge is 2.22. The van der Waals surface area contributed by atoms with Crippen LogP contribution in [0.1, 0.15) is 0 Å². The van der Waals surface area contributed by atoms with Crippen molar-refractivity contribution in [2.24, 2.45) is 0 Å². The van der Waals surface area contributed by atoms with Crippen LogP contribution in [-0.4, -0.2) is 13.7 Å². The molecule has 4 nitrogen and oxygen atoms in total. The van der Waals surface area contributed by atoms with Crippen molar-refractivity contribution in [3.8, 4) is 28.2 Å². The Kier molecular flexibility index (Phi) is 6.41. The summed E-state index contributed by atoms with van der Waals surface area (Å²) in [6, 6.07) is 72.5. The van der Waals surface area contributed by atoms with Crippen molar-refractivity contribution >= 4 is 87.4 Å². The lowest BCUT2D eigenvalue weighted by molar-refractivity contribution is 0.669. The van der Waals surface area contributed by atoms with Crippen LogP contribution in [0.25, 0.3) is 116 Å². The molecule has 58 heavy (non-hydrogen) atoms. The maximum atomic E-state index is 6.24. The molecule has 0 N–H and O–H groups in total. The van der Waals surface area contributed by atoms with Gasteiger partial charge in [-0.25, -0.2) is 0 Å². The maximum absolute atomic E-state index is 6.24. The fourth-order valence-corrected chi connectivity index (χ4v) is 9.82. The standard InChI is InChI=1S/C54H33N3O/c1-2-14-35(15-3-1)55-45-22-10-5-17-38(45)42-32-34(26-28-48(42)55)37-16-4-9-21-44(37)57-47-24-12-7-20-41(47)54-50(57)30-29-49-53(54)40-19-6-11-23-46(40)56(49)36-27-31-52-43(33-36)39-18-8-13-25-51(39)58-52/h1-33H. The van der Waals surface area contributed by atoms with Gasteiger partial charge in [0.25, 0.3) is 0 Å². The van der Waals surface area contributed by atoms with Crippen molar-refractivity contribution in [3.05, 3.63) is 200 Å².